The third-order valence-corrected chi connectivity index (χ3v) is 5.64. The van der Waals surface area contributed by atoms with E-state index in [0.717, 1.165) is 28.7 Å². The van der Waals surface area contributed by atoms with Gasteiger partial charge in [0.15, 0.2) is 6.10 Å². The zero-order valence-electron chi connectivity index (χ0n) is 18.9. The largest absolute Gasteiger partial charge is 0.479 e. The molecule has 3 aromatic rings. The maximum Gasteiger partial charge on any atom is 0.333 e. The maximum absolute atomic E-state index is 13.1. The first-order valence-corrected chi connectivity index (χ1v) is 11.4. The zero-order chi connectivity index (χ0) is 23.5. The predicted molar refractivity (Wildman–Crippen MR) is 129 cm³/mol. The van der Waals surface area contributed by atoms with Crippen LogP contribution in [-0.2, 0) is 33.7 Å². The third kappa shape index (κ3) is 7.58. The van der Waals surface area contributed by atoms with Crippen molar-refractivity contribution in [2.45, 2.75) is 44.8 Å². The fraction of sp³-hybridized carbons (Fsp3) is 0.286. The molecule has 0 saturated heterocycles. The number of carboxylic acid groups (broad SMARTS) is 1. The van der Waals surface area contributed by atoms with Gasteiger partial charge in [0.05, 0.1) is 5.92 Å². The monoisotopic (exact) mass is 445 g/mol. The van der Waals surface area contributed by atoms with Crippen LogP contribution in [0, 0.1) is 0 Å². The van der Waals surface area contributed by atoms with E-state index in [1.165, 1.54) is 0 Å². The highest BCUT2D eigenvalue weighted by Gasteiger charge is 2.21. The summed E-state index contributed by atoms with van der Waals surface area (Å²) in [5.74, 6) is -1.18. The van der Waals surface area contributed by atoms with Gasteiger partial charge in [0.2, 0.25) is 5.91 Å². The molecule has 2 atom stereocenters. The minimum Gasteiger partial charge on any atom is -0.479 e. The highest BCUT2D eigenvalue weighted by molar-refractivity contribution is 5.83. The van der Waals surface area contributed by atoms with Crippen LogP contribution < -0.4 is 5.32 Å². The van der Waals surface area contributed by atoms with Crippen molar-refractivity contribution in [2.24, 2.45) is 0 Å². The van der Waals surface area contributed by atoms with Crippen molar-refractivity contribution < 1.29 is 19.4 Å². The Kier molecular flexibility index (Phi) is 9.21. The normalized spacial score (nSPS) is 12.6. The molecule has 0 saturated carbocycles. The van der Waals surface area contributed by atoms with Crippen LogP contribution >= 0.6 is 0 Å². The van der Waals surface area contributed by atoms with Crippen molar-refractivity contribution in [1.29, 1.82) is 0 Å². The fourth-order valence-electron chi connectivity index (χ4n) is 3.83. The van der Waals surface area contributed by atoms with Gasteiger partial charge in [-0.15, -0.1) is 0 Å². The number of hydrogen-bond donors (Lipinski definition) is 2. The van der Waals surface area contributed by atoms with Crippen molar-refractivity contribution in [1.82, 2.24) is 5.32 Å². The molecule has 0 fully saturated rings. The van der Waals surface area contributed by atoms with Gasteiger partial charge in [0.25, 0.3) is 0 Å². The predicted octanol–water partition coefficient (Wildman–Crippen LogP) is 4.75. The Labute approximate surface area is 195 Å². The molecule has 2 N–H and O–H groups in total. The van der Waals surface area contributed by atoms with Crippen molar-refractivity contribution in [3.8, 4) is 0 Å². The molecule has 33 heavy (non-hydrogen) atoms. The van der Waals surface area contributed by atoms with Crippen molar-refractivity contribution in [2.75, 3.05) is 6.61 Å². The van der Waals surface area contributed by atoms with Crippen LogP contribution in [0.25, 0.3) is 0 Å². The minimum atomic E-state index is -0.951. The van der Waals surface area contributed by atoms with Crippen LogP contribution in [0.15, 0.2) is 84.9 Å². The number of aliphatic carboxylic acids is 1. The number of hydrogen-bond acceptors (Lipinski definition) is 3. The number of benzene rings is 3. The smallest absolute Gasteiger partial charge is 0.333 e. The van der Waals surface area contributed by atoms with Gasteiger partial charge < -0.3 is 15.2 Å². The van der Waals surface area contributed by atoms with E-state index >= 15 is 0 Å². The van der Waals surface area contributed by atoms with Crippen molar-refractivity contribution in [3.05, 3.63) is 107 Å². The van der Waals surface area contributed by atoms with E-state index in [9.17, 15) is 14.7 Å². The summed E-state index contributed by atoms with van der Waals surface area (Å²) in [5, 5.41) is 12.4. The number of carbonyl (C=O) groups is 2. The van der Waals surface area contributed by atoms with Crippen LogP contribution in [0.2, 0.25) is 0 Å². The van der Waals surface area contributed by atoms with Crippen LogP contribution in [0.3, 0.4) is 0 Å². The lowest BCUT2D eigenvalue weighted by Gasteiger charge is -2.18. The van der Waals surface area contributed by atoms with Gasteiger partial charge in [0, 0.05) is 19.6 Å². The number of aryl methyl sites for hydroxylation is 1. The molecule has 0 aliphatic heterocycles. The molecule has 5 heteroatoms. The molecule has 0 aromatic heterocycles. The van der Waals surface area contributed by atoms with Crippen molar-refractivity contribution >= 4 is 11.9 Å². The van der Waals surface area contributed by atoms with E-state index in [0.29, 0.717) is 26.0 Å². The highest BCUT2D eigenvalue weighted by atomic mass is 16.5. The van der Waals surface area contributed by atoms with Gasteiger partial charge in [-0.2, -0.15) is 0 Å². The molecule has 0 aliphatic rings. The molecule has 0 bridgehead atoms. The fourth-order valence-corrected chi connectivity index (χ4v) is 3.83. The summed E-state index contributed by atoms with van der Waals surface area (Å²) in [7, 11) is 0. The van der Waals surface area contributed by atoms with Crippen molar-refractivity contribution in [3.63, 3.8) is 0 Å². The molecule has 3 rings (SSSR count). The summed E-state index contributed by atoms with van der Waals surface area (Å²) < 4.78 is 5.30. The summed E-state index contributed by atoms with van der Waals surface area (Å²) in [6.07, 6.45) is 0.919. The molecule has 3 aromatic carbocycles. The number of ether oxygens (including phenoxy) is 1. The summed E-state index contributed by atoms with van der Waals surface area (Å²) in [6, 6.07) is 27.6. The molecule has 5 nitrogen and oxygen atoms in total. The second-order valence-corrected chi connectivity index (χ2v) is 8.01. The molecule has 172 valence electrons. The lowest BCUT2D eigenvalue weighted by atomic mass is 9.91. The van der Waals surface area contributed by atoms with E-state index in [1.54, 1.807) is 6.92 Å². The Morgan fingerprint density at radius 1 is 0.848 bits per heavy atom. The maximum atomic E-state index is 13.1. The number of carbonyl (C=O) groups excluding carboxylic acids is 1. The van der Waals surface area contributed by atoms with Gasteiger partial charge >= 0.3 is 5.97 Å². The summed E-state index contributed by atoms with van der Waals surface area (Å²) in [6.45, 7) is 2.66. The lowest BCUT2D eigenvalue weighted by Crippen LogP contribution is -2.29. The molecule has 1 amide bonds. The third-order valence-electron chi connectivity index (χ3n) is 5.64. The number of rotatable bonds is 12. The molecular weight excluding hydrogens is 414 g/mol. The number of nitrogens with one attached hydrogen (secondary N) is 1. The molecule has 2 unspecified atom stereocenters. The molecule has 0 spiro atoms. The van der Waals surface area contributed by atoms with Gasteiger partial charge in [-0.1, -0.05) is 84.9 Å². The Balaban J connectivity index is 1.63. The Hall–Kier alpha value is -3.44. The summed E-state index contributed by atoms with van der Waals surface area (Å²) in [4.78, 5) is 24.4. The van der Waals surface area contributed by atoms with Gasteiger partial charge in [-0.3, -0.25) is 4.79 Å². The molecular formula is C28H31NO4. The van der Waals surface area contributed by atoms with E-state index in [2.05, 4.69) is 5.32 Å². The minimum absolute atomic E-state index is 0.0164. The second-order valence-electron chi connectivity index (χ2n) is 8.01. The molecule has 0 heterocycles. The average Bonchev–Trinajstić information content (AvgIpc) is 2.85. The second kappa shape index (κ2) is 12.6. The number of carboxylic acids is 1. The topological polar surface area (TPSA) is 75.6 Å². The van der Waals surface area contributed by atoms with Crippen LogP contribution in [-0.4, -0.2) is 29.7 Å². The van der Waals surface area contributed by atoms with Crippen LogP contribution in [0.4, 0.5) is 0 Å². The first kappa shape index (κ1) is 24.2. The summed E-state index contributed by atoms with van der Waals surface area (Å²) in [5.41, 5.74) is 4.10. The van der Waals surface area contributed by atoms with Gasteiger partial charge in [-0.05, 0) is 42.0 Å². The number of amides is 1. The van der Waals surface area contributed by atoms with Crippen LogP contribution in [0.5, 0.6) is 0 Å². The first-order valence-electron chi connectivity index (χ1n) is 11.4. The average molecular weight is 446 g/mol. The molecule has 0 aliphatic carbocycles. The van der Waals surface area contributed by atoms with E-state index < -0.39 is 12.1 Å². The quantitative estimate of drug-likeness (QED) is 0.422. The standard InChI is InChI=1S/C28H31NO4/c1-2-33-26(28(31)32)19-22-15-13-21(14-16-22)17-18-25(24-11-7-4-8-12-24)27(30)29-20-23-9-5-3-6-10-23/h3-16,25-26H,2,17-20H2,1H3,(H,29,30)(H,31,32). The first-order chi connectivity index (χ1) is 16.1. The van der Waals surface area contributed by atoms with Gasteiger partial charge in [-0.25, -0.2) is 4.79 Å². The molecule has 0 radical (unpaired) electrons. The SMILES string of the molecule is CCOC(Cc1ccc(CCC(C(=O)NCc2ccccc2)c2ccccc2)cc1)C(=O)O. The van der Waals surface area contributed by atoms with E-state index in [-0.39, 0.29) is 11.8 Å². The zero-order valence-corrected chi connectivity index (χ0v) is 18.9. The van der Waals surface area contributed by atoms with E-state index in [1.807, 2.05) is 84.9 Å². The summed E-state index contributed by atoms with van der Waals surface area (Å²) >= 11 is 0. The lowest BCUT2D eigenvalue weighted by molar-refractivity contribution is -0.149. The Bertz CT molecular complexity index is 1000. The van der Waals surface area contributed by atoms with Gasteiger partial charge in [0.1, 0.15) is 0 Å². The highest BCUT2D eigenvalue weighted by Crippen LogP contribution is 2.23. The van der Waals surface area contributed by atoms with Crippen LogP contribution in [0.1, 0.15) is 41.5 Å². The van der Waals surface area contributed by atoms with E-state index in [4.69, 9.17) is 4.74 Å². The Morgan fingerprint density at radius 2 is 1.45 bits per heavy atom. The Morgan fingerprint density at radius 3 is 2.06 bits per heavy atom.